The molecule has 1 amide bonds. The summed E-state index contributed by atoms with van der Waals surface area (Å²) < 4.78 is 11.3. The molecule has 1 aliphatic heterocycles. The lowest BCUT2D eigenvalue weighted by Crippen LogP contribution is -2.60. The van der Waals surface area contributed by atoms with Crippen LogP contribution in [0.3, 0.4) is 0 Å². The fourth-order valence-electron chi connectivity index (χ4n) is 8.80. The topological polar surface area (TPSA) is 149 Å². The number of aliphatic hydroxyl groups is 5. The van der Waals surface area contributed by atoms with Crippen LogP contribution in [-0.2, 0) is 14.3 Å². The molecule has 1 fully saturated rings. The minimum absolute atomic E-state index is 0.136. The Bertz CT molecular complexity index is 981. The second-order valence-electron chi connectivity index (χ2n) is 19.0. The summed E-state index contributed by atoms with van der Waals surface area (Å²) in [7, 11) is 0. The zero-order chi connectivity index (χ0) is 45.1. The number of rotatable bonds is 46. The molecule has 6 N–H and O–H groups in total. The van der Waals surface area contributed by atoms with Crippen LogP contribution in [0.2, 0.25) is 0 Å². The minimum atomic E-state index is -1.55. The van der Waals surface area contributed by atoms with Crippen LogP contribution >= 0.6 is 0 Å². The van der Waals surface area contributed by atoms with E-state index in [9.17, 15) is 30.3 Å². The van der Waals surface area contributed by atoms with Gasteiger partial charge in [-0.25, -0.2) is 0 Å². The van der Waals surface area contributed by atoms with Gasteiger partial charge in [-0.15, -0.1) is 0 Å². The third-order valence-corrected chi connectivity index (χ3v) is 13.1. The first-order valence-corrected chi connectivity index (χ1v) is 26.9. The van der Waals surface area contributed by atoms with E-state index >= 15 is 0 Å². The highest BCUT2D eigenvalue weighted by molar-refractivity contribution is 5.76. The number of unbranched alkanes of at least 4 members (excludes halogenated alkanes) is 34. The summed E-state index contributed by atoms with van der Waals surface area (Å²) in [5.74, 6) is -0.145. The molecule has 0 bridgehead atoms. The third kappa shape index (κ3) is 33.4. The van der Waals surface area contributed by atoms with Crippen molar-refractivity contribution in [2.24, 2.45) is 0 Å². The maximum absolute atomic E-state index is 13.0. The van der Waals surface area contributed by atoms with Crippen LogP contribution in [-0.4, -0.2) is 87.5 Å². The van der Waals surface area contributed by atoms with Crippen LogP contribution in [0, 0.1) is 0 Å². The molecule has 0 saturated carbocycles. The van der Waals surface area contributed by atoms with Gasteiger partial charge in [0.05, 0.1) is 25.4 Å². The maximum Gasteiger partial charge on any atom is 0.220 e. The van der Waals surface area contributed by atoms with Crippen LogP contribution in [0.25, 0.3) is 0 Å². The van der Waals surface area contributed by atoms with Gasteiger partial charge in [0.15, 0.2) is 6.29 Å². The first-order chi connectivity index (χ1) is 30.3. The van der Waals surface area contributed by atoms with Crippen molar-refractivity contribution in [3.05, 3.63) is 12.2 Å². The van der Waals surface area contributed by atoms with E-state index in [1.807, 2.05) is 0 Å². The zero-order valence-electron chi connectivity index (χ0n) is 40.6. The van der Waals surface area contributed by atoms with E-state index in [4.69, 9.17) is 9.47 Å². The molecular formula is C53H103NO8. The summed E-state index contributed by atoms with van der Waals surface area (Å²) in [6.45, 7) is 3.86. The summed E-state index contributed by atoms with van der Waals surface area (Å²) in [6.07, 6.45) is 45.1. The Labute approximate surface area is 382 Å². The molecule has 0 aromatic carbocycles. The van der Waals surface area contributed by atoms with Gasteiger partial charge in [-0.05, 0) is 38.5 Å². The van der Waals surface area contributed by atoms with Gasteiger partial charge < -0.3 is 40.3 Å². The van der Waals surface area contributed by atoms with E-state index in [2.05, 4.69) is 31.3 Å². The normalized spacial score (nSPS) is 20.3. The van der Waals surface area contributed by atoms with Crippen molar-refractivity contribution in [1.29, 1.82) is 0 Å². The minimum Gasteiger partial charge on any atom is -0.394 e. The summed E-state index contributed by atoms with van der Waals surface area (Å²) in [5, 5.41) is 54.6. The Hall–Kier alpha value is -1.07. The quantitative estimate of drug-likeness (QED) is 0.0261. The summed E-state index contributed by atoms with van der Waals surface area (Å²) in [6, 6.07) is -0.718. The molecule has 7 unspecified atom stereocenters. The molecule has 368 valence electrons. The van der Waals surface area contributed by atoms with E-state index in [1.165, 1.54) is 199 Å². The molecule has 0 radical (unpaired) electrons. The maximum atomic E-state index is 13.0. The Kier molecular flexibility index (Phi) is 41.6. The molecule has 1 saturated heterocycles. The fraction of sp³-hybridized carbons (Fsp3) is 0.943. The highest BCUT2D eigenvalue weighted by Crippen LogP contribution is 2.23. The number of hydrogen-bond donors (Lipinski definition) is 6. The van der Waals surface area contributed by atoms with Crippen LogP contribution in [0.5, 0.6) is 0 Å². The number of carbonyl (C=O) groups is 1. The van der Waals surface area contributed by atoms with Crippen molar-refractivity contribution < 1.29 is 39.8 Å². The molecule has 0 spiro atoms. The summed E-state index contributed by atoms with van der Waals surface area (Å²) in [5.41, 5.74) is 0. The molecular weight excluding hydrogens is 779 g/mol. The number of ether oxygens (including phenoxy) is 2. The highest BCUT2D eigenvalue weighted by Gasteiger charge is 2.44. The molecule has 1 aliphatic rings. The van der Waals surface area contributed by atoms with Crippen molar-refractivity contribution in [3.63, 3.8) is 0 Å². The lowest BCUT2D eigenvalue weighted by atomic mass is 9.99. The first-order valence-electron chi connectivity index (χ1n) is 26.9. The van der Waals surface area contributed by atoms with Crippen molar-refractivity contribution >= 4 is 5.91 Å². The van der Waals surface area contributed by atoms with Gasteiger partial charge in [-0.2, -0.15) is 0 Å². The second kappa shape index (κ2) is 43.8. The Balaban J connectivity index is 2.24. The molecule has 1 heterocycles. The molecule has 0 aromatic heterocycles. The molecule has 0 aromatic rings. The van der Waals surface area contributed by atoms with Crippen LogP contribution in [0.15, 0.2) is 12.2 Å². The largest absolute Gasteiger partial charge is 0.394 e. The predicted octanol–water partition coefficient (Wildman–Crippen LogP) is 12.5. The second-order valence-corrected chi connectivity index (χ2v) is 19.0. The number of aliphatic hydroxyl groups excluding tert-OH is 5. The van der Waals surface area contributed by atoms with Crippen LogP contribution < -0.4 is 5.32 Å². The molecule has 9 nitrogen and oxygen atoms in total. The van der Waals surface area contributed by atoms with E-state index in [0.717, 1.165) is 38.5 Å². The SMILES string of the molecule is CCCCCCCC/C=C\CCCCCCCCCC(=O)NC(COC1OC(CO)C(O)C(O)C1O)C(O)CCCCCCCCCCCCCCCCCCCCCCCC. The molecule has 7 atom stereocenters. The van der Waals surface area contributed by atoms with Gasteiger partial charge >= 0.3 is 0 Å². The van der Waals surface area contributed by atoms with E-state index in [-0.39, 0.29) is 12.5 Å². The van der Waals surface area contributed by atoms with Gasteiger partial charge in [-0.3, -0.25) is 4.79 Å². The van der Waals surface area contributed by atoms with Crippen LogP contribution in [0.4, 0.5) is 0 Å². The third-order valence-electron chi connectivity index (χ3n) is 13.1. The Morgan fingerprint density at radius 1 is 0.532 bits per heavy atom. The molecule has 62 heavy (non-hydrogen) atoms. The van der Waals surface area contributed by atoms with Crippen LogP contribution in [0.1, 0.15) is 264 Å². The smallest absolute Gasteiger partial charge is 0.220 e. The lowest BCUT2D eigenvalue weighted by Gasteiger charge is -2.40. The van der Waals surface area contributed by atoms with Crippen molar-refractivity contribution in [2.45, 2.75) is 307 Å². The van der Waals surface area contributed by atoms with Crippen molar-refractivity contribution in [2.75, 3.05) is 13.2 Å². The van der Waals surface area contributed by atoms with E-state index < -0.39 is 49.5 Å². The van der Waals surface area contributed by atoms with Gasteiger partial charge in [0.1, 0.15) is 24.4 Å². The highest BCUT2D eigenvalue weighted by atomic mass is 16.7. The number of carbonyl (C=O) groups excluding carboxylic acids is 1. The Morgan fingerprint density at radius 2 is 0.903 bits per heavy atom. The number of hydrogen-bond acceptors (Lipinski definition) is 8. The standard InChI is InChI=1S/C53H103NO8/c1-3-5-7-9-11-13-15-17-19-21-22-23-24-25-27-28-30-32-34-36-38-40-42-47(56)46(45-61-53-52(60)51(59)50(58)48(44-55)62-53)54-49(57)43-41-39-37-35-33-31-29-26-20-18-16-14-12-10-8-6-4-2/h18,20,46-48,50-53,55-56,58-60H,3-17,19,21-45H2,1-2H3,(H,54,57)/b20-18-. The molecule has 0 aliphatic carbocycles. The monoisotopic (exact) mass is 882 g/mol. The van der Waals surface area contributed by atoms with Gasteiger partial charge in [0, 0.05) is 6.42 Å². The van der Waals surface area contributed by atoms with E-state index in [0.29, 0.717) is 12.8 Å². The number of allylic oxidation sites excluding steroid dienone is 2. The van der Waals surface area contributed by atoms with Gasteiger partial charge in [0.25, 0.3) is 0 Å². The number of amides is 1. The van der Waals surface area contributed by atoms with Gasteiger partial charge in [0.2, 0.25) is 5.91 Å². The predicted molar refractivity (Wildman–Crippen MR) is 258 cm³/mol. The van der Waals surface area contributed by atoms with E-state index in [1.54, 1.807) is 0 Å². The fourth-order valence-corrected chi connectivity index (χ4v) is 8.80. The van der Waals surface area contributed by atoms with Gasteiger partial charge in [-0.1, -0.05) is 231 Å². The average Bonchev–Trinajstić information content (AvgIpc) is 3.27. The number of nitrogens with one attached hydrogen (secondary N) is 1. The Morgan fingerprint density at radius 3 is 1.31 bits per heavy atom. The van der Waals surface area contributed by atoms with Crippen molar-refractivity contribution in [3.8, 4) is 0 Å². The molecule has 1 rings (SSSR count). The first kappa shape index (κ1) is 58.9. The van der Waals surface area contributed by atoms with Crippen molar-refractivity contribution in [1.82, 2.24) is 5.32 Å². The summed E-state index contributed by atoms with van der Waals surface area (Å²) >= 11 is 0. The summed E-state index contributed by atoms with van der Waals surface area (Å²) in [4.78, 5) is 13.0. The molecule has 9 heteroatoms. The average molecular weight is 882 g/mol. The lowest BCUT2D eigenvalue weighted by molar-refractivity contribution is -0.302. The zero-order valence-corrected chi connectivity index (χ0v) is 40.6.